The first-order valence-corrected chi connectivity index (χ1v) is 10.9. The van der Waals surface area contributed by atoms with Gasteiger partial charge in [0, 0.05) is 10.6 Å². The van der Waals surface area contributed by atoms with E-state index in [1.807, 2.05) is 60.7 Å². The molecule has 0 aliphatic rings. The second kappa shape index (κ2) is 11.3. The number of nitrogens with one attached hydrogen (secondary N) is 1. The third kappa shape index (κ3) is 5.78. The van der Waals surface area contributed by atoms with E-state index >= 15 is 0 Å². The van der Waals surface area contributed by atoms with Crippen molar-refractivity contribution in [1.29, 1.82) is 0 Å². The van der Waals surface area contributed by atoms with E-state index in [-0.39, 0.29) is 0 Å². The predicted octanol–water partition coefficient (Wildman–Crippen LogP) is 5.60. The van der Waals surface area contributed by atoms with Crippen LogP contribution in [0.2, 0.25) is 0 Å². The third-order valence-corrected chi connectivity index (χ3v) is 5.65. The van der Waals surface area contributed by atoms with Crippen molar-refractivity contribution < 1.29 is 23.7 Å². The Hall–Kier alpha value is -3.65. The Bertz CT molecular complexity index is 1090. The van der Waals surface area contributed by atoms with Crippen LogP contribution in [0.25, 0.3) is 12.2 Å². The SMILES string of the molecule is COc1cc(/C=C\c2cc(OC)c(OC)c(OC)c2)cc(NSc2ccc(N)cc2)c1OC. The van der Waals surface area contributed by atoms with Gasteiger partial charge >= 0.3 is 0 Å². The Balaban J connectivity index is 1.92. The molecule has 0 radical (unpaired) electrons. The monoisotopic (exact) mass is 468 g/mol. The summed E-state index contributed by atoms with van der Waals surface area (Å²) >= 11 is 1.46. The average molecular weight is 469 g/mol. The Kier molecular flexibility index (Phi) is 8.21. The summed E-state index contributed by atoms with van der Waals surface area (Å²) in [5, 5.41) is 0. The number of hydrogen-bond donors (Lipinski definition) is 2. The molecule has 0 unspecified atom stereocenters. The Morgan fingerprint density at radius 1 is 0.667 bits per heavy atom. The van der Waals surface area contributed by atoms with Crippen LogP contribution in [0.15, 0.2) is 53.4 Å². The lowest BCUT2D eigenvalue weighted by atomic mass is 10.1. The summed E-state index contributed by atoms with van der Waals surface area (Å²) in [7, 11) is 7.99. The predicted molar refractivity (Wildman–Crippen MR) is 135 cm³/mol. The average Bonchev–Trinajstić information content (AvgIpc) is 2.85. The zero-order valence-corrected chi connectivity index (χ0v) is 20.1. The molecule has 0 aliphatic carbocycles. The van der Waals surface area contributed by atoms with Crippen molar-refractivity contribution in [2.75, 3.05) is 46.0 Å². The summed E-state index contributed by atoms with van der Waals surface area (Å²) in [6.07, 6.45) is 3.93. The molecule has 3 aromatic rings. The third-order valence-electron chi connectivity index (χ3n) is 4.82. The van der Waals surface area contributed by atoms with E-state index in [1.54, 1.807) is 35.5 Å². The molecule has 0 fully saturated rings. The first-order valence-electron chi connectivity index (χ1n) is 10.1. The molecule has 0 spiro atoms. The molecule has 0 saturated carbocycles. The van der Waals surface area contributed by atoms with E-state index in [4.69, 9.17) is 29.4 Å². The summed E-state index contributed by atoms with van der Waals surface area (Å²) < 4.78 is 30.8. The molecule has 174 valence electrons. The second-order valence-corrected chi connectivity index (χ2v) is 7.75. The molecule has 0 aliphatic heterocycles. The number of hydrogen-bond acceptors (Lipinski definition) is 8. The van der Waals surface area contributed by atoms with Gasteiger partial charge in [-0.15, -0.1) is 0 Å². The summed E-state index contributed by atoms with van der Waals surface area (Å²) in [6, 6.07) is 15.3. The lowest BCUT2D eigenvalue weighted by molar-refractivity contribution is 0.324. The highest BCUT2D eigenvalue weighted by atomic mass is 32.2. The molecular formula is C25H28N2O5S. The van der Waals surface area contributed by atoms with Crippen LogP contribution in [-0.4, -0.2) is 35.5 Å². The fraction of sp³-hybridized carbons (Fsp3) is 0.200. The number of ether oxygens (including phenoxy) is 5. The summed E-state index contributed by atoms with van der Waals surface area (Å²) in [5.74, 6) is 2.96. The molecule has 33 heavy (non-hydrogen) atoms. The van der Waals surface area contributed by atoms with Crippen LogP contribution in [0.1, 0.15) is 11.1 Å². The normalized spacial score (nSPS) is 10.7. The zero-order chi connectivity index (χ0) is 23.8. The maximum absolute atomic E-state index is 5.77. The maximum atomic E-state index is 5.77. The van der Waals surface area contributed by atoms with Crippen LogP contribution in [-0.2, 0) is 0 Å². The number of benzene rings is 3. The Morgan fingerprint density at radius 3 is 1.64 bits per heavy atom. The highest BCUT2D eigenvalue weighted by molar-refractivity contribution is 8.00. The number of anilines is 2. The molecule has 0 heterocycles. The van der Waals surface area contributed by atoms with Gasteiger partial charge < -0.3 is 34.1 Å². The molecule has 0 bridgehead atoms. The lowest BCUT2D eigenvalue weighted by Gasteiger charge is -2.15. The number of methoxy groups -OCH3 is 5. The number of nitrogens with two attached hydrogens (primary N) is 1. The van der Waals surface area contributed by atoms with Crippen molar-refractivity contribution in [2.24, 2.45) is 0 Å². The molecule has 7 nitrogen and oxygen atoms in total. The van der Waals surface area contributed by atoms with Gasteiger partial charge in [-0.3, -0.25) is 0 Å². The van der Waals surface area contributed by atoms with Crippen molar-refractivity contribution >= 4 is 35.5 Å². The molecule has 0 amide bonds. The van der Waals surface area contributed by atoms with Crippen LogP contribution >= 0.6 is 11.9 Å². The van der Waals surface area contributed by atoms with Crippen molar-refractivity contribution in [1.82, 2.24) is 0 Å². The highest BCUT2D eigenvalue weighted by Gasteiger charge is 2.14. The van der Waals surface area contributed by atoms with Crippen LogP contribution in [0, 0.1) is 0 Å². The van der Waals surface area contributed by atoms with E-state index in [1.165, 1.54) is 11.9 Å². The molecule has 0 atom stereocenters. The van der Waals surface area contributed by atoms with Crippen molar-refractivity contribution in [3.63, 3.8) is 0 Å². The number of rotatable bonds is 10. The first kappa shape index (κ1) is 24.0. The van der Waals surface area contributed by atoms with Crippen molar-refractivity contribution in [3.8, 4) is 28.7 Å². The first-order chi connectivity index (χ1) is 16.0. The van der Waals surface area contributed by atoms with E-state index < -0.39 is 0 Å². The molecule has 0 saturated heterocycles. The van der Waals surface area contributed by atoms with Gasteiger partial charge in [0.1, 0.15) is 0 Å². The number of nitrogen functional groups attached to an aromatic ring is 1. The highest BCUT2D eigenvalue weighted by Crippen LogP contribution is 2.41. The quantitative estimate of drug-likeness (QED) is 0.226. The summed E-state index contributed by atoms with van der Waals surface area (Å²) in [5.41, 5.74) is 9.09. The largest absolute Gasteiger partial charge is 0.493 e. The van der Waals surface area contributed by atoms with E-state index in [9.17, 15) is 0 Å². The van der Waals surface area contributed by atoms with Gasteiger partial charge in [-0.2, -0.15) is 0 Å². The fourth-order valence-corrected chi connectivity index (χ4v) is 3.85. The minimum Gasteiger partial charge on any atom is -0.493 e. The molecule has 0 aromatic heterocycles. The lowest BCUT2D eigenvalue weighted by Crippen LogP contribution is -1.97. The van der Waals surface area contributed by atoms with Gasteiger partial charge in [0.15, 0.2) is 23.0 Å². The minimum atomic E-state index is 0.550. The molecule has 3 rings (SSSR count). The van der Waals surface area contributed by atoms with E-state index in [0.29, 0.717) is 28.7 Å². The van der Waals surface area contributed by atoms with Crippen LogP contribution in [0.5, 0.6) is 28.7 Å². The van der Waals surface area contributed by atoms with Crippen LogP contribution in [0.3, 0.4) is 0 Å². The van der Waals surface area contributed by atoms with Gasteiger partial charge in [0.2, 0.25) is 5.75 Å². The Morgan fingerprint density at radius 2 is 1.15 bits per heavy atom. The standard InChI is InChI=1S/C25H28N2O5S/c1-28-21-13-16(6-7-17-14-22(29-2)25(32-5)23(15-17)30-3)12-20(24(21)31-4)27-33-19-10-8-18(26)9-11-19/h6-15,27H,26H2,1-5H3/b7-6-. The minimum absolute atomic E-state index is 0.550. The summed E-state index contributed by atoms with van der Waals surface area (Å²) in [6.45, 7) is 0. The van der Waals surface area contributed by atoms with Crippen LogP contribution < -0.4 is 34.1 Å². The van der Waals surface area contributed by atoms with Gasteiger partial charge in [-0.25, -0.2) is 0 Å². The molecular weight excluding hydrogens is 440 g/mol. The van der Waals surface area contributed by atoms with Gasteiger partial charge in [0.05, 0.1) is 41.2 Å². The van der Waals surface area contributed by atoms with E-state index in [2.05, 4.69) is 4.72 Å². The zero-order valence-electron chi connectivity index (χ0n) is 19.3. The fourth-order valence-electron chi connectivity index (χ4n) is 3.20. The van der Waals surface area contributed by atoms with Gasteiger partial charge in [-0.1, -0.05) is 12.2 Å². The van der Waals surface area contributed by atoms with Gasteiger partial charge in [-0.05, 0) is 71.6 Å². The summed E-state index contributed by atoms with van der Waals surface area (Å²) in [4.78, 5) is 1.02. The van der Waals surface area contributed by atoms with Crippen molar-refractivity contribution in [2.45, 2.75) is 4.90 Å². The maximum Gasteiger partial charge on any atom is 0.203 e. The van der Waals surface area contributed by atoms with Gasteiger partial charge in [0.25, 0.3) is 0 Å². The van der Waals surface area contributed by atoms with Crippen LogP contribution in [0.4, 0.5) is 11.4 Å². The second-order valence-electron chi connectivity index (χ2n) is 6.87. The smallest absolute Gasteiger partial charge is 0.203 e. The Labute approximate surface area is 198 Å². The topological polar surface area (TPSA) is 84.2 Å². The van der Waals surface area contributed by atoms with Crippen molar-refractivity contribution in [3.05, 3.63) is 59.7 Å². The molecule has 3 N–H and O–H groups in total. The molecule has 8 heteroatoms. The molecule has 3 aromatic carbocycles. The van der Waals surface area contributed by atoms with E-state index in [0.717, 1.165) is 27.4 Å².